The second-order valence-electron chi connectivity index (χ2n) is 3.48. The van der Waals surface area contributed by atoms with Crippen LogP contribution in [0.4, 0.5) is 0 Å². The number of rotatable bonds is 7. The van der Waals surface area contributed by atoms with Gasteiger partial charge in [0.15, 0.2) is 9.84 Å². The fourth-order valence-electron chi connectivity index (χ4n) is 1.26. The Morgan fingerprint density at radius 1 is 1.40 bits per heavy atom. The van der Waals surface area contributed by atoms with Crippen molar-refractivity contribution in [1.82, 2.24) is 4.90 Å². The van der Waals surface area contributed by atoms with Crippen molar-refractivity contribution in [2.45, 2.75) is 26.3 Å². The summed E-state index contributed by atoms with van der Waals surface area (Å²) < 4.78 is 22.4. The van der Waals surface area contributed by atoms with Crippen LogP contribution in [0.3, 0.4) is 0 Å². The fourth-order valence-corrected chi connectivity index (χ4v) is 2.11. The van der Waals surface area contributed by atoms with Gasteiger partial charge in [-0.1, -0.05) is 13.8 Å². The number of likely N-dealkylation sites (N-methyl/N-ethyl adjacent to an activating group) is 1. The molecule has 6 heteroatoms. The minimum Gasteiger partial charge on any atom is -0.480 e. The van der Waals surface area contributed by atoms with Crippen molar-refractivity contribution in [2.75, 3.05) is 25.1 Å². The molecule has 0 saturated carbocycles. The lowest BCUT2D eigenvalue weighted by Gasteiger charge is -2.22. The van der Waals surface area contributed by atoms with E-state index < -0.39 is 21.8 Å². The van der Waals surface area contributed by atoms with E-state index in [0.29, 0.717) is 6.42 Å². The molecule has 0 heterocycles. The summed E-state index contributed by atoms with van der Waals surface area (Å²) in [5.41, 5.74) is 0. The summed E-state index contributed by atoms with van der Waals surface area (Å²) in [6.45, 7) is 3.62. The van der Waals surface area contributed by atoms with E-state index in [0.717, 1.165) is 0 Å². The Kier molecular flexibility index (Phi) is 5.82. The van der Waals surface area contributed by atoms with Crippen LogP contribution < -0.4 is 0 Å². The molecule has 1 atom stereocenters. The van der Waals surface area contributed by atoms with E-state index in [9.17, 15) is 13.2 Å². The van der Waals surface area contributed by atoms with Crippen molar-refractivity contribution >= 4 is 15.8 Å². The van der Waals surface area contributed by atoms with Gasteiger partial charge < -0.3 is 5.11 Å². The van der Waals surface area contributed by atoms with E-state index in [1.54, 1.807) is 25.8 Å². The molecule has 0 fully saturated rings. The van der Waals surface area contributed by atoms with Crippen LogP contribution in [0.1, 0.15) is 20.3 Å². The largest absolute Gasteiger partial charge is 0.480 e. The Hall–Kier alpha value is -0.620. The topological polar surface area (TPSA) is 74.7 Å². The van der Waals surface area contributed by atoms with Gasteiger partial charge in [0.05, 0.1) is 5.75 Å². The van der Waals surface area contributed by atoms with Gasteiger partial charge in [0.1, 0.15) is 6.04 Å². The van der Waals surface area contributed by atoms with Gasteiger partial charge in [0.25, 0.3) is 0 Å². The molecule has 0 amide bonds. The lowest BCUT2D eigenvalue weighted by atomic mass is 10.2. The highest BCUT2D eigenvalue weighted by molar-refractivity contribution is 7.91. The van der Waals surface area contributed by atoms with Gasteiger partial charge in [-0.3, -0.25) is 9.69 Å². The van der Waals surface area contributed by atoms with E-state index in [1.165, 1.54) is 0 Å². The van der Waals surface area contributed by atoms with Crippen LogP contribution >= 0.6 is 0 Å². The van der Waals surface area contributed by atoms with E-state index in [4.69, 9.17) is 5.11 Å². The first-order chi connectivity index (χ1) is 6.84. The van der Waals surface area contributed by atoms with Crippen molar-refractivity contribution in [2.24, 2.45) is 0 Å². The Balaban J connectivity index is 4.24. The zero-order valence-corrected chi connectivity index (χ0v) is 10.2. The molecule has 1 unspecified atom stereocenters. The van der Waals surface area contributed by atoms with E-state index in [1.807, 2.05) is 0 Å². The van der Waals surface area contributed by atoms with Crippen LogP contribution in [0.25, 0.3) is 0 Å². The summed E-state index contributed by atoms with van der Waals surface area (Å²) in [4.78, 5) is 12.3. The van der Waals surface area contributed by atoms with Crippen LogP contribution in [-0.2, 0) is 14.6 Å². The second-order valence-corrected chi connectivity index (χ2v) is 5.95. The number of carboxylic acids is 1. The summed E-state index contributed by atoms with van der Waals surface area (Å²) >= 11 is 0. The van der Waals surface area contributed by atoms with Gasteiger partial charge >= 0.3 is 5.97 Å². The molecule has 5 nitrogen and oxygen atoms in total. The smallest absolute Gasteiger partial charge is 0.320 e. The average molecular weight is 237 g/mol. The maximum atomic E-state index is 11.2. The Morgan fingerprint density at radius 2 is 1.93 bits per heavy atom. The third kappa shape index (κ3) is 5.13. The molecule has 0 bridgehead atoms. The first-order valence-electron chi connectivity index (χ1n) is 4.97. The number of carboxylic acid groups (broad SMARTS) is 1. The van der Waals surface area contributed by atoms with Gasteiger partial charge in [-0.15, -0.1) is 0 Å². The van der Waals surface area contributed by atoms with Gasteiger partial charge in [-0.2, -0.15) is 0 Å². The third-order valence-corrected chi connectivity index (χ3v) is 4.08. The number of aliphatic carboxylic acids is 1. The predicted octanol–water partition coefficient (Wildman–Crippen LogP) is 0.216. The summed E-state index contributed by atoms with van der Waals surface area (Å²) in [6.07, 6.45) is 0.470. The molecule has 0 aromatic rings. The fraction of sp³-hybridized carbons (Fsp3) is 0.889. The standard InChI is InChI=1S/C9H19NO4S/c1-4-8(9(11)12)10(3)6-7-15(13,14)5-2/h8H,4-7H2,1-3H3,(H,11,12). The molecule has 0 rings (SSSR count). The highest BCUT2D eigenvalue weighted by atomic mass is 32.2. The maximum Gasteiger partial charge on any atom is 0.320 e. The van der Waals surface area contributed by atoms with E-state index in [-0.39, 0.29) is 18.1 Å². The molecule has 0 radical (unpaired) electrons. The lowest BCUT2D eigenvalue weighted by Crippen LogP contribution is -2.40. The zero-order chi connectivity index (χ0) is 12.1. The minimum absolute atomic E-state index is 0.0176. The monoisotopic (exact) mass is 237 g/mol. The normalized spacial score (nSPS) is 14.1. The van der Waals surface area contributed by atoms with E-state index >= 15 is 0 Å². The second kappa shape index (κ2) is 6.07. The van der Waals surface area contributed by atoms with E-state index in [2.05, 4.69) is 0 Å². The zero-order valence-electron chi connectivity index (χ0n) is 9.43. The molecular formula is C9H19NO4S. The summed E-state index contributed by atoms with van der Waals surface area (Å²) in [5.74, 6) is -0.789. The molecular weight excluding hydrogens is 218 g/mol. The lowest BCUT2D eigenvalue weighted by molar-refractivity contribution is -0.142. The van der Waals surface area contributed by atoms with Crippen molar-refractivity contribution < 1.29 is 18.3 Å². The molecule has 0 aliphatic rings. The molecule has 1 N–H and O–H groups in total. The highest BCUT2D eigenvalue weighted by Gasteiger charge is 2.21. The molecule has 0 spiro atoms. The summed E-state index contributed by atoms with van der Waals surface area (Å²) in [6, 6.07) is -0.600. The maximum absolute atomic E-state index is 11.2. The Bertz CT molecular complexity index is 299. The van der Waals surface area contributed by atoms with Crippen LogP contribution in [-0.4, -0.2) is 55.5 Å². The highest BCUT2D eigenvalue weighted by Crippen LogP contribution is 2.02. The molecule has 90 valence electrons. The molecule has 0 aromatic carbocycles. The number of hydrogen-bond acceptors (Lipinski definition) is 4. The molecule has 0 aliphatic carbocycles. The SMILES string of the molecule is CCC(C(=O)O)N(C)CCS(=O)(=O)CC. The average Bonchev–Trinajstić information content (AvgIpc) is 2.15. The number of carbonyl (C=O) groups is 1. The van der Waals surface area contributed by atoms with Crippen LogP contribution in [0.15, 0.2) is 0 Å². The van der Waals surface area contributed by atoms with Gasteiger partial charge in [-0.25, -0.2) is 8.42 Å². The van der Waals surface area contributed by atoms with Gasteiger partial charge in [-0.05, 0) is 13.5 Å². The summed E-state index contributed by atoms with van der Waals surface area (Å²) in [7, 11) is -1.38. The first kappa shape index (κ1) is 14.4. The molecule has 0 saturated heterocycles. The van der Waals surface area contributed by atoms with Crippen LogP contribution in [0, 0.1) is 0 Å². The molecule has 0 aliphatic heterocycles. The van der Waals surface area contributed by atoms with Crippen molar-refractivity contribution in [3.63, 3.8) is 0 Å². The Labute approximate surface area is 91.0 Å². The third-order valence-electron chi connectivity index (χ3n) is 2.40. The van der Waals surface area contributed by atoms with Crippen molar-refractivity contribution in [3.8, 4) is 0 Å². The van der Waals surface area contributed by atoms with Crippen molar-refractivity contribution in [1.29, 1.82) is 0 Å². The quantitative estimate of drug-likeness (QED) is 0.685. The van der Waals surface area contributed by atoms with Crippen molar-refractivity contribution in [3.05, 3.63) is 0 Å². The molecule has 0 aromatic heterocycles. The minimum atomic E-state index is -3.02. The number of sulfone groups is 1. The Morgan fingerprint density at radius 3 is 2.27 bits per heavy atom. The summed E-state index contributed by atoms with van der Waals surface area (Å²) in [5, 5.41) is 8.84. The number of hydrogen-bond donors (Lipinski definition) is 1. The number of nitrogens with zero attached hydrogens (tertiary/aromatic N) is 1. The molecule has 15 heavy (non-hydrogen) atoms. The van der Waals surface area contributed by atoms with Crippen LogP contribution in [0.2, 0.25) is 0 Å². The van der Waals surface area contributed by atoms with Gasteiger partial charge in [0.2, 0.25) is 0 Å². The van der Waals surface area contributed by atoms with Crippen LogP contribution in [0.5, 0.6) is 0 Å². The first-order valence-corrected chi connectivity index (χ1v) is 6.79. The van der Waals surface area contributed by atoms with Gasteiger partial charge in [0, 0.05) is 12.3 Å². The predicted molar refractivity (Wildman–Crippen MR) is 58.7 cm³/mol.